The molecule has 0 aliphatic heterocycles. The molecular formula is C26H15N7O5. The topological polar surface area (TPSA) is 174 Å². The van der Waals surface area contributed by atoms with Gasteiger partial charge in [-0.05, 0) is 59.7 Å². The van der Waals surface area contributed by atoms with Crippen LogP contribution in [0.15, 0.2) is 83.7 Å². The molecule has 12 nitrogen and oxygen atoms in total. The average Bonchev–Trinajstić information content (AvgIpc) is 3.35. The molecule has 0 bridgehead atoms. The van der Waals surface area contributed by atoms with Gasteiger partial charge in [-0.15, -0.1) is 5.10 Å². The summed E-state index contributed by atoms with van der Waals surface area (Å²) in [6.45, 7) is 0. The molecule has 0 atom stereocenters. The number of H-pyrrole nitrogens is 1. The summed E-state index contributed by atoms with van der Waals surface area (Å²) in [6.07, 6.45) is 1.67. The van der Waals surface area contributed by atoms with Crippen LogP contribution in [-0.2, 0) is 0 Å². The van der Waals surface area contributed by atoms with Crippen LogP contribution in [0.3, 0.4) is 0 Å². The van der Waals surface area contributed by atoms with E-state index in [1.54, 1.807) is 48.5 Å². The van der Waals surface area contributed by atoms with Crippen molar-refractivity contribution in [1.82, 2.24) is 20.0 Å². The number of nitriles is 1. The fourth-order valence-electron chi connectivity index (χ4n) is 3.95. The van der Waals surface area contributed by atoms with Crippen molar-refractivity contribution in [2.45, 2.75) is 0 Å². The number of nitro groups is 2. The fourth-order valence-corrected chi connectivity index (χ4v) is 3.95. The Bertz CT molecular complexity index is 1850. The number of pyridine rings is 1. The Hall–Kier alpha value is -5.96. The zero-order valence-electron chi connectivity index (χ0n) is 19.3. The molecule has 12 heteroatoms. The molecule has 0 saturated heterocycles. The second kappa shape index (κ2) is 9.59. The molecule has 0 amide bonds. The Morgan fingerprint density at radius 3 is 2.21 bits per heavy atom. The van der Waals surface area contributed by atoms with Crippen molar-refractivity contribution in [2.75, 3.05) is 0 Å². The maximum Gasteiger partial charge on any atom is 0.269 e. The zero-order valence-corrected chi connectivity index (χ0v) is 19.3. The minimum atomic E-state index is -0.669. The lowest BCUT2D eigenvalue weighted by atomic mass is 9.99. The fraction of sp³-hybridized carbons (Fsp3) is 0. The van der Waals surface area contributed by atoms with Crippen LogP contribution in [0, 0.1) is 31.6 Å². The summed E-state index contributed by atoms with van der Waals surface area (Å²) in [5.41, 5.74) is 2.08. The highest BCUT2D eigenvalue weighted by molar-refractivity contribution is 5.88. The summed E-state index contributed by atoms with van der Waals surface area (Å²) in [5, 5.41) is 40.3. The number of non-ortho nitro benzene ring substituents is 2. The van der Waals surface area contributed by atoms with Crippen LogP contribution in [0.2, 0.25) is 0 Å². The molecule has 184 valence electrons. The molecule has 5 aromatic rings. The normalized spacial score (nSPS) is 11.3. The first-order valence-electron chi connectivity index (χ1n) is 11.1. The van der Waals surface area contributed by atoms with E-state index in [1.165, 1.54) is 41.1 Å². The number of nitrogens with zero attached hydrogens (tertiary/aromatic N) is 6. The van der Waals surface area contributed by atoms with Gasteiger partial charge in [-0.2, -0.15) is 5.26 Å². The van der Waals surface area contributed by atoms with Crippen LogP contribution in [0.25, 0.3) is 33.9 Å². The van der Waals surface area contributed by atoms with Crippen molar-refractivity contribution in [3.8, 4) is 17.2 Å². The molecule has 0 aliphatic rings. The Morgan fingerprint density at radius 1 is 0.947 bits per heavy atom. The molecule has 5 rings (SSSR count). The van der Waals surface area contributed by atoms with Gasteiger partial charge < -0.3 is 4.98 Å². The van der Waals surface area contributed by atoms with E-state index in [-0.39, 0.29) is 28.2 Å². The molecule has 0 spiro atoms. The minimum Gasteiger partial charge on any atom is -0.319 e. The molecule has 38 heavy (non-hydrogen) atoms. The van der Waals surface area contributed by atoms with Crippen molar-refractivity contribution in [1.29, 1.82) is 5.26 Å². The number of fused-ring (bicyclic) bond motifs is 1. The largest absolute Gasteiger partial charge is 0.319 e. The monoisotopic (exact) mass is 505 g/mol. The van der Waals surface area contributed by atoms with E-state index in [2.05, 4.69) is 15.3 Å². The third kappa shape index (κ3) is 4.38. The second-order valence-corrected chi connectivity index (χ2v) is 8.08. The summed E-state index contributed by atoms with van der Waals surface area (Å²) < 4.78 is 1.51. The van der Waals surface area contributed by atoms with E-state index in [1.807, 2.05) is 6.07 Å². The number of aromatic nitrogens is 4. The minimum absolute atomic E-state index is 0.0813. The first kappa shape index (κ1) is 23.8. The summed E-state index contributed by atoms with van der Waals surface area (Å²) in [5.74, 6) is 0. The Morgan fingerprint density at radius 2 is 1.58 bits per heavy atom. The van der Waals surface area contributed by atoms with Gasteiger partial charge in [-0.3, -0.25) is 25.0 Å². The van der Waals surface area contributed by atoms with E-state index >= 15 is 0 Å². The lowest BCUT2D eigenvalue weighted by Gasteiger charge is -2.12. The summed E-state index contributed by atoms with van der Waals surface area (Å²) >= 11 is 0. The molecule has 2 heterocycles. The van der Waals surface area contributed by atoms with Crippen LogP contribution in [0.1, 0.15) is 16.8 Å². The first-order chi connectivity index (χ1) is 18.4. The molecular weight excluding hydrogens is 490 g/mol. The number of nitrogens with one attached hydrogen (secondary N) is 1. The van der Waals surface area contributed by atoms with Crippen molar-refractivity contribution in [2.24, 2.45) is 0 Å². The number of benzene rings is 3. The summed E-state index contributed by atoms with van der Waals surface area (Å²) in [4.78, 5) is 36.8. The average molecular weight is 505 g/mol. The summed E-state index contributed by atoms with van der Waals surface area (Å²) in [7, 11) is 0. The molecule has 0 radical (unpaired) electrons. The van der Waals surface area contributed by atoms with Gasteiger partial charge in [0.15, 0.2) is 0 Å². The van der Waals surface area contributed by atoms with Crippen molar-refractivity contribution >= 4 is 34.2 Å². The van der Waals surface area contributed by atoms with Crippen LogP contribution in [-0.4, -0.2) is 29.8 Å². The lowest BCUT2D eigenvalue weighted by Crippen LogP contribution is -2.16. The quantitative estimate of drug-likeness (QED) is 0.259. The number of para-hydroxylation sites is 1. The SMILES string of the molecule is N#Cc1c(-c2ccc([N+](=O)[O-])cc2)cc(/C(=C\c2ccc([N+](=O)[O-])cc2)n2nnc3ccccc32)[nH]c1=O. The van der Waals surface area contributed by atoms with Gasteiger partial charge in [-0.1, -0.05) is 17.3 Å². The standard InChI is InChI=1S/C26H15N7O5/c27-15-21-20(17-7-11-19(12-8-17)33(37)38)14-23(28-26(21)34)25(13-16-5-9-18(10-6-16)32(35)36)31-24-4-2-1-3-22(24)29-30-31/h1-14H,(H,28,34)/b25-13+. The third-order valence-corrected chi connectivity index (χ3v) is 5.80. The number of aromatic amines is 1. The van der Waals surface area contributed by atoms with Crippen molar-refractivity contribution in [3.63, 3.8) is 0 Å². The van der Waals surface area contributed by atoms with Crippen LogP contribution in [0.5, 0.6) is 0 Å². The predicted molar refractivity (Wildman–Crippen MR) is 138 cm³/mol. The molecule has 0 aliphatic carbocycles. The van der Waals surface area contributed by atoms with Crippen molar-refractivity contribution in [3.05, 3.63) is 126 Å². The molecule has 3 aromatic carbocycles. The Kier molecular flexibility index (Phi) is 6.00. The van der Waals surface area contributed by atoms with E-state index in [0.717, 1.165) is 0 Å². The van der Waals surface area contributed by atoms with Gasteiger partial charge in [-0.25, -0.2) is 4.68 Å². The van der Waals surface area contributed by atoms with Gasteiger partial charge >= 0.3 is 0 Å². The highest BCUT2D eigenvalue weighted by Crippen LogP contribution is 2.29. The Labute approximate surface area is 213 Å². The maximum absolute atomic E-state index is 13.0. The van der Waals surface area contributed by atoms with E-state index < -0.39 is 15.4 Å². The van der Waals surface area contributed by atoms with Crippen LogP contribution < -0.4 is 5.56 Å². The zero-order chi connectivity index (χ0) is 26.8. The molecule has 0 fully saturated rings. The van der Waals surface area contributed by atoms with Gasteiger partial charge in [0.1, 0.15) is 17.1 Å². The van der Waals surface area contributed by atoms with Gasteiger partial charge in [0.05, 0.1) is 26.8 Å². The van der Waals surface area contributed by atoms with Gasteiger partial charge in [0.25, 0.3) is 16.9 Å². The van der Waals surface area contributed by atoms with Crippen LogP contribution >= 0.6 is 0 Å². The second-order valence-electron chi connectivity index (χ2n) is 8.08. The first-order valence-corrected chi connectivity index (χ1v) is 11.1. The van der Waals surface area contributed by atoms with E-state index in [9.17, 15) is 30.3 Å². The predicted octanol–water partition coefficient (Wildman–Crippen LogP) is 4.52. The smallest absolute Gasteiger partial charge is 0.269 e. The Balaban J connectivity index is 1.74. The van der Waals surface area contributed by atoms with Crippen molar-refractivity contribution < 1.29 is 9.85 Å². The number of hydrogen-bond donors (Lipinski definition) is 1. The molecule has 1 N–H and O–H groups in total. The van der Waals surface area contributed by atoms with Gasteiger partial charge in [0, 0.05) is 29.8 Å². The maximum atomic E-state index is 13.0. The van der Waals surface area contributed by atoms with E-state index in [0.29, 0.717) is 27.9 Å². The summed E-state index contributed by atoms with van der Waals surface area (Å²) in [6, 6.07) is 22.0. The van der Waals surface area contributed by atoms with Gasteiger partial charge in [0.2, 0.25) is 0 Å². The number of rotatable bonds is 6. The lowest BCUT2D eigenvalue weighted by molar-refractivity contribution is -0.385. The molecule has 2 aromatic heterocycles. The van der Waals surface area contributed by atoms with Crippen LogP contribution in [0.4, 0.5) is 11.4 Å². The van der Waals surface area contributed by atoms with E-state index in [4.69, 9.17) is 0 Å². The molecule has 0 saturated carbocycles. The highest BCUT2D eigenvalue weighted by Gasteiger charge is 2.18. The molecule has 0 unspecified atom stereocenters. The number of hydrogen-bond acceptors (Lipinski definition) is 8. The number of nitro benzene ring substituents is 2. The highest BCUT2D eigenvalue weighted by atomic mass is 16.6. The third-order valence-electron chi connectivity index (χ3n) is 5.80.